The highest BCUT2D eigenvalue weighted by Gasteiger charge is 2.37. The van der Waals surface area contributed by atoms with Gasteiger partial charge in [0.25, 0.3) is 0 Å². The number of hydrogen-bond acceptors (Lipinski definition) is 5. The second-order valence-corrected chi connectivity index (χ2v) is 9.24. The van der Waals surface area contributed by atoms with Crippen molar-refractivity contribution in [1.29, 1.82) is 0 Å². The van der Waals surface area contributed by atoms with Crippen LogP contribution >= 0.6 is 11.3 Å². The monoisotopic (exact) mass is 461 g/mol. The molecule has 2 N–H and O–H groups in total. The highest BCUT2D eigenvalue weighted by Crippen LogP contribution is 2.45. The van der Waals surface area contributed by atoms with Crippen LogP contribution in [-0.4, -0.2) is 18.2 Å². The topological polar surface area (TPSA) is 61.4 Å². The molecule has 1 aliphatic carbocycles. The smallest absolute Gasteiger partial charge is 0.239 e. The summed E-state index contributed by atoms with van der Waals surface area (Å²) >= 11 is 1.59. The molecule has 0 fully saturated rings. The van der Waals surface area contributed by atoms with Crippen molar-refractivity contribution in [2.45, 2.75) is 31.8 Å². The van der Waals surface area contributed by atoms with Gasteiger partial charge in [-0.05, 0) is 54.1 Å². The molecule has 0 bridgehead atoms. The van der Waals surface area contributed by atoms with Gasteiger partial charge in [0.05, 0.1) is 24.0 Å². The quantitative estimate of drug-likeness (QED) is 0.549. The Bertz CT molecular complexity index is 1200. The fourth-order valence-corrected chi connectivity index (χ4v) is 5.38. The minimum Gasteiger partial charge on any atom is -0.357 e. The number of thiophene rings is 1. The van der Waals surface area contributed by atoms with Crippen LogP contribution in [0, 0.1) is 5.82 Å². The lowest BCUT2D eigenvalue weighted by atomic mass is 9.88. The zero-order valence-corrected chi connectivity index (χ0v) is 18.8. The van der Waals surface area contributed by atoms with Crippen molar-refractivity contribution in [1.82, 2.24) is 5.32 Å². The summed E-state index contributed by atoms with van der Waals surface area (Å²) in [5, 5.41) is 8.45. The van der Waals surface area contributed by atoms with Crippen LogP contribution in [0.15, 0.2) is 77.3 Å². The zero-order valence-electron chi connectivity index (χ0n) is 18.0. The van der Waals surface area contributed by atoms with Crippen molar-refractivity contribution < 1.29 is 14.0 Å². The third-order valence-electron chi connectivity index (χ3n) is 6.07. The molecule has 5 rings (SSSR count). The van der Waals surface area contributed by atoms with Crippen LogP contribution in [0.2, 0.25) is 0 Å². The largest absolute Gasteiger partial charge is 0.357 e. The van der Waals surface area contributed by atoms with E-state index in [1.54, 1.807) is 23.5 Å². The standard InChI is InChI=1S/C26H24FN3O2S/c27-18-12-10-17(11-13-18)15-28-24(32)16-30-21-7-2-1-5-19(21)29-20-6-3-8-22(31)25(20)26(30)23-9-4-14-33-23/h1-2,4-5,7,9-14,26,29H,3,6,8,15-16H2,(H,28,32). The van der Waals surface area contributed by atoms with Crippen LogP contribution < -0.4 is 15.5 Å². The molecule has 1 aliphatic heterocycles. The molecule has 5 nitrogen and oxygen atoms in total. The summed E-state index contributed by atoms with van der Waals surface area (Å²) in [5.74, 6) is -0.339. The molecule has 33 heavy (non-hydrogen) atoms. The Morgan fingerprint density at radius 3 is 2.70 bits per heavy atom. The Morgan fingerprint density at radius 2 is 1.91 bits per heavy atom. The van der Waals surface area contributed by atoms with Crippen molar-refractivity contribution in [3.05, 3.63) is 93.6 Å². The van der Waals surface area contributed by atoms with Crippen molar-refractivity contribution in [2.24, 2.45) is 0 Å². The normalized spacial score (nSPS) is 17.7. The summed E-state index contributed by atoms with van der Waals surface area (Å²) in [6.45, 7) is 0.399. The van der Waals surface area contributed by atoms with Gasteiger partial charge in [-0.1, -0.05) is 30.3 Å². The number of carbonyl (C=O) groups is 2. The van der Waals surface area contributed by atoms with Gasteiger partial charge in [-0.15, -0.1) is 11.3 Å². The Labute approximate surface area is 195 Å². The Kier molecular flexibility index (Phi) is 5.96. The minimum absolute atomic E-state index is 0.0898. The van der Waals surface area contributed by atoms with Crippen LogP contribution in [0.3, 0.4) is 0 Å². The molecule has 2 aromatic carbocycles. The van der Waals surface area contributed by atoms with Crippen LogP contribution in [0.5, 0.6) is 0 Å². The molecule has 0 spiro atoms. The SMILES string of the molecule is O=C(CN1c2ccccc2NC2=C(C(=O)CCC2)C1c1cccs1)NCc1ccc(F)cc1. The molecule has 1 atom stereocenters. The number of allylic oxidation sites excluding steroid dienone is 1. The average Bonchev–Trinajstić information content (AvgIpc) is 3.30. The van der Waals surface area contributed by atoms with E-state index < -0.39 is 0 Å². The molecule has 0 saturated heterocycles. The van der Waals surface area contributed by atoms with Crippen molar-refractivity contribution >= 4 is 34.4 Å². The number of rotatable bonds is 5. The van der Waals surface area contributed by atoms with Crippen molar-refractivity contribution in [2.75, 3.05) is 16.8 Å². The molecular formula is C26H24FN3O2S. The summed E-state index contributed by atoms with van der Waals surface area (Å²) in [7, 11) is 0. The van der Waals surface area contributed by atoms with E-state index in [0.717, 1.165) is 45.9 Å². The summed E-state index contributed by atoms with van der Waals surface area (Å²) < 4.78 is 13.2. The fraction of sp³-hybridized carbons (Fsp3) is 0.231. The van der Waals surface area contributed by atoms with Crippen LogP contribution in [-0.2, 0) is 16.1 Å². The number of para-hydroxylation sites is 2. The Morgan fingerprint density at radius 1 is 1.09 bits per heavy atom. The van der Waals surface area contributed by atoms with E-state index >= 15 is 0 Å². The van der Waals surface area contributed by atoms with Gasteiger partial charge in [-0.2, -0.15) is 0 Å². The van der Waals surface area contributed by atoms with E-state index in [1.807, 2.05) is 46.7 Å². The third-order valence-corrected chi connectivity index (χ3v) is 6.99. The first-order chi connectivity index (χ1) is 16.1. The fourth-order valence-electron chi connectivity index (χ4n) is 4.53. The van der Waals surface area contributed by atoms with E-state index in [9.17, 15) is 14.0 Å². The van der Waals surface area contributed by atoms with Gasteiger partial charge in [0.15, 0.2) is 5.78 Å². The number of fused-ring (bicyclic) bond motifs is 1. The number of hydrogen-bond donors (Lipinski definition) is 2. The Hall–Kier alpha value is -3.45. The number of anilines is 2. The van der Waals surface area contributed by atoms with Crippen LogP contribution in [0.25, 0.3) is 0 Å². The summed E-state index contributed by atoms with van der Waals surface area (Å²) in [5.41, 5.74) is 4.31. The minimum atomic E-state index is -0.333. The number of halogens is 1. The lowest BCUT2D eigenvalue weighted by Gasteiger charge is -2.34. The summed E-state index contributed by atoms with van der Waals surface area (Å²) in [6.07, 6.45) is 2.15. The van der Waals surface area contributed by atoms with E-state index in [2.05, 4.69) is 10.6 Å². The number of ketones is 1. The van der Waals surface area contributed by atoms with Crippen LogP contribution in [0.1, 0.15) is 35.7 Å². The number of nitrogens with one attached hydrogen (secondary N) is 2. The van der Waals surface area contributed by atoms with E-state index in [0.29, 0.717) is 13.0 Å². The average molecular weight is 462 g/mol. The second kappa shape index (κ2) is 9.19. The van der Waals surface area contributed by atoms with Gasteiger partial charge in [-0.3, -0.25) is 9.59 Å². The number of Topliss-reactive ketones (excluding diaryl/α,β-unsaturated/α-hetero) is 1. The molecule has 2 heterocycles. The molecule has 0 saturated carbocycles. The highest BCUT2D eigenvalue weighted by molar-refractivity contribution is 7.10. The number of amides is 1. The van der Waals surface area contributed by atoms with Gasteiger partial charge < -0.3 is 15.5 Å². The maximum Gasteiger partial charge on any atom is 0.239 e. The molecule has 168 valence electrons. The van der Waals surface area contributed by atoms with Crippen LogP contribution in [0.4, 0.5) is 15.8 Å². The summed E-state index contributed by atoms with van der Waals surface area (Å²) in [6, 6.07) is 17.6. The van der Waals surface area contributed by atoms with E-state index in [-0.39, 0.29) is 30.1 Å². The first-order valence-corrected chi connectivity index (χ1v) is 11.9. The number of carbonyl (C=O) groups excluding carboxylic acids is 2. The lowest BCUT2D eigenvalue weighted by molar-refractivity contribution is -0.120. The molecule has 1 amide bonds. The maximum atomic E-state index is 13.2. The number of nitrogens with zero attached hydrogens (tertiary/aromatic N) is 1. The molecule has 0 radical (unpaired) electrons. The van der Waals surface area contributed by atoms with Gasteiger partial charge >= 0.3 is 0 Å². The van der Waals surface area contributed by atoms with Crippen molar-refractivity contribution in [3.8, 4) is 0 Å². The molecule has 3 aromatic rings. The zero-order chi connectivity index (χ0) is 22.8. The predicted molar refractivity (Wildman–Crippen MR) is 129 cm³/mol. The first-order valence-electron chi connectivity index (χ1n) is 11.0. The van der Waals surface area contributed by atoms with Gasteiger partial charge in [0.1, 0.15) is 5.82 Å². The number of benzene rings is 2. The van der Waals surface area contributed by atoms with Gasteiger partial charge in [0, 0.05) is 29.1 Å². The molecule has 1 aromatic heterocycles. The summed E-state index contributed by atoms with van der Waals surface area (Å²) in [4.78, 5) is 29.3. The molecule has 7 heteroatoms. The lowest BCUT2D eigenvalue weighted by Crippen LogP contribution is -2.40. The second-order valence-electron chi connectivity index (χ2n) is 8.26. The third kappa shape index (κ3) is 4.41. The maximum absolute atomic E-state index is 13.2. The molecule has 2 aliphatic rings. The van der Waals surface area contributed by atoms with E-state index in [4.69, 9.17) is 0 Å². The predicted octanol–water partition coefficient (Wildman–Crippen LogP) is 5.18. The Balaban J connectivity index is 1.50. The van der Waals surface area contributed by atoms with Gasteiger partial charge in [0.2, 0.25) is 5.91 Å². The molecular weight excluding hydrogens is 437 g/mol. The highest BCUT2D eigenvalue weighted by atomic mass is 32.1. The first kappa shape index (κ1) is 21.4. The van der Waals surface area contributed by atoms with Crippen molar-refractivity contribution in [3.63, 3.8) is 0 Å². The van der Waals surface area contributed by atoms with Gasteiger partial charge in [-0.25, -0.2) is 4.39 Å². The van der Waals surface area contributed by atoms with E-state index in [1.165, 1.54) is 12.1 Å². The molecule has 1 unspecified atom stereocenters.